The topological polar surface area (TPSA) is 100 Å². The fourth-order valence-corrected chi connectivity index (χ4v) is 4.59. The van der Waals surface area contributed by atoms with E-state index < -0.39 is 11.8 Å². The zero-order chi connectivity index (χ0) is 26.1. The highest BCUT2D eigenvalue weighted by molar-refractivity contribution is 9.11. The molecule has 3 rings (SSSR count). The Hall–Kier alpha value is -3.32. The number of amides is 2. The fraction of sp³-hybridized carbons (Fsp3) is 0.115. The minimum Gasteiger partial charge on any atom is -0.494 e. The molecule has 2 N–H and O–H groups in total. The predicted octanol–water partition coefficient (Wildman–Crippen LogP) is 6.83. The molecule has 0 spiro atoms. The maximum atomic E-state index is 12.8. The van der Waals surface area contributed by atoms with Gasteiger partial charge in [0.25, 0.3) is 11.8 Å². The van der Waals surface area contributed by atoms with E-state index in [0.29, 0.717) is 43.3 Å². The lowest BCUT2D eigenvalue weighted by molar-refractivity contribution is -0.118. The summed E-state index contributed by atoms with van der Waals surface area (Å²) in [6.07, 6.45) is 1.39. The van der Waals surface area contributed by atoms with Crippen LogP contribution < -0.4 is 20.1 Å². The number of nitrogens with zero attached hydrogens (tertiary/aromatic N) is 1. The summed E-state index contributed by atoms with van der Waals surface area (Å²) in [7, 11) is 0. The lowest BCUT2D eigenvalue weighted by Crippen LogP contribution is -2.20. The smallest absolute Gasteiger partial charge is 0.266 e. The number of nitriles is 1. The van der Waals surface area contributed by atoms with Crippen molar-refractivity contribution in [2.24, 2.45) is 0 Å². The van der Waals surface area contributed by atoms with E-state index in [4.69, 9.17) is 21.1 Å². The lowest BCUT2D eigenvalue weighted by Gasteiger charge is -2.13. The molecule has 0 saturated heterocycles. The second kappa shape index (κ2) is 13.1. The normalized spacial score (nSPS) is 10.8. The van der Waals surface area contributed by atoms with Gasteiger partial charge in [-0.25, -0.2) is 0 Å². The summed E-state index contributed by atoms with van der Waals surface area (Å²) < 4.78 is 12.4. The Morgan fingerprint density at radius 2 is 1.78 bits per heavy atom. The van der Waals surface area contributed by atoms with Gasteiger partial charge in [-0.1, -0.05) is 39.7 Å². The van der Waals surface area contributed by atoms with Crippen LogP contribution in [0.5, 0.6) is 11.5 Å². The van der Waals surface area contributed by atoms with Gasteiger partial charge in [-0.05, 0) is 77.5 Å². The molecule has 0 saturated carbocycles. The number of hydrogen-bond donors (Lipinski definition) is 2. The highest BCUT2D eigenvalue weighted by Gasteiger charge is 2.16. The highest BCUT2D eigenvalue weighted by atomic mass is 79.9. The van der Waals surface area contributed by atoms with E-state index >= 15 is 0 Å². The van der Waals surface area contributed by atoms with Crippen LogP contribution in [0.3, 0.4) is 0 Å². The summed E-state index contributed by atoms with van der Waals surface area (Å²) in [5.41, 5.74) is 1.23. The third kappa shape index (κ3) is 7.59. The number of para-hydroxylation sites is 1. The number of halogens is 3. The van der Waals surface area contributed by atoms with Crippen molar-refractivity contribution in [3.8, 4) is 17.6 Å². The summed E-state index contributed by atoms with van der Waals surface area (Å²) in [5, 5.41) is 15.4. The molecular formula is C26H20Br2ClN3O4. The summed E-state index contributed by atoms with van der Waals surface area (Å²) in [5.74, 6) is -0.0678. The largest absolute Gasteiger partial charge is 0.494 e. The quantitative estimate of drug-likeness (QED) is 0.199. The predicted molar refractivity (Wildman–Crippen MR) is 147 cm³/mol. The zero-order valence-corrected chi connectivity index (χ0v) is 22.9. The molecule has 0 heterocycles. The molecule has 0 aromatic heterocycles. The summed E-state index contributed by atoms with van der Waals surface area (Å²) in [6.45, 7) is 2.08. The first-order valence-corrected chi connectivity index (χ1v) is 12.6. The van der Waals surface area contributed by atoms with Crippen LogP contribution in [0.25, 0.3) is 6.08 Å². The van der Waals surface area contributed by atoms with Gasteiger partial charge < -0.3 is 20.1 Å². The van der Waals surface area contributed by atoms with Crippen LogP contribution in [-0.4, -0.2) is 25.0 Å². The standard InChI is InChI=1S/C26H20Br2ClN3O4/c1-2-35-20-9-7-19(8-10-20)31-26(34)17(14-30)11-16-12-18(27)13-21(28)25(16)36-15-24(33)32-23-6-4-3-5-22(23)29/h3-13H,2,15H2,1H3,(H,31,34)(H,32,33)/b17-11+. The van der Waals surface area contributed by atoms with E-state index in [9.17, 15) is 14.9 Å². The number of nitrogens with one attached hydrogen (secondary N) is 2. The molecule has 10 heteroatoms. The van der Waals surface area contributed by atoms with Gasteiger partial charge in [0.1, 0.15) is 23.1 Å². The second-order valence-electron chi connectivity index (χ2n) is 7.20. The van der Waals surface area contributed by atoms with Gasteiger partial charge in [0.2, 0.25) is 0 Å². The van der Waals surface area contributed by atoms with Crippen LogP contribution in [0.15, 0.2) is 75.2 Å². The molecular weight excluding hydrogens is 614 g/mol. The molecule has 3 aromatic carbocycles. The van der Waals surface area contributed by atoms with Crippen molar-refractivity contribution >= 4 is 72.7 Å². The van der Waals surface area contributed by atoms with Gasteiger partial charge in [0, 0.05) is 15.7 Å². The van der Waals surface area contributed by atoms with Crippen molar-refractivity contribution in [2.45, 2.75) is 6.92 Å². The number of carbonyl (C=O) groups is 2. The number of benzene rings is 3. The number of hydrogen-bond acceptors (Lipinski definition) is 5. The van der Waals surface area contributed by atoms with E-state index in [2.05, 4.69) is 42.5 Å². The maximum Gasteiger partial charge on any atom is 0.266 e. The van der Waals surface area contributed by atoms with Gasteiger partial charge in [0.05, 0.1) is 21.8 Å². The molecule has 0 bridgehead atoms. The number of carbonyl (C=O) groups excluding carboxylic acids is 2. The Balaban J connectivity index is 1.78. The van der Waals surface area contributed by atoms with E-state index in [1.165, 1.54) is 6.08 Å². The van der Waals surface area contributed by atoms with Gasteiger partial charge in [0.15, 0.2) is 6.61 Å². The maximum absolute atomic E-state index is 12.8. The van der Waals surface area contributed by atoms with Crippen molar-refractivity contribution in [1.82, 2.24) is 0 Å². The Morgan fingerprint density at radius 3 is 2.44 bits per heavy atom. The van der Waals surface area contributed by atoms with Crippen LogP contribution >= 0.6 is 43.5 Å². The number of anilines is 2. The highest BCUT2D eigenvalue weighted by Crippen LogP contribution is 2.34. The van der Waals surface area contributed by atoms with Gasteiger partial charge >= 0.3 is 0 Å². The van der Waals surface area contributed by atoms with E-state index in [1.807, 2.05) is 13.0 Å². The Morgan fingerprint density at radius 1 is 1.06 bits per heavy atom. The molecule has 0 radical (unpaired) electrons. The third-order valence-corrected chi connectivity index (χ3v) is 6.00. The minimum atomic E-state index is -0.597. The SMILES string of the molecule is CCOc1ccc(NC(=O)/C(C#N)=C/c2cc(Br)cc(Br)c2OCC(=O)Nc2ccccc2Cl)cc1. The van der Waals surface area contributed by atoms with Crippen LogP contribution in [0.1, 0.15) is 12.5 Å². The van der Waals surface area contributed by atoms with Gasteiger partial charge in [-0.2, -0.15) is 5.26 Å². The molecule has 7 nitrogen and oxygen atoms in total. The van der Waals surface area contributed by atoms with Crippen molar-refractivity contribution in [3.05, 3.63) is 85.8 Å². The molecule has 0 unspecified atom stereocenters. The third-order valence-electron chi connectivity index (χ3n) is 4.62. The van der Waals surface area contributed by atoms with Gasteiger partial charge in [-0.15, -0.1) is 0 Å². The molecule has 0 atom stereocenters. The van der Waals surface area contributed by atoms with E-state index in [1.54, 1.807) is 60.7 Å². The number of rotatable bonds is 9. The molecule has 36 heavy (non-hydrogen) atoms. The summed E-state index contributed by atoms with van der Waals surface area (Å²) >= 11 is 12.9. The molecule has 3 aromatic rings. The fourth-order valence-electron chi connectivity index (χ4n) is 3.03. The van der Waals surface area contributed by atoms with Crippen LogP contribution in [0.2, 0.25) is 5.02 Å². The Labute approximate surface area is 230 Å². The van der Waals surface area contributed by atoms with Crippen LogP contribution in [0.4, 0.5) is 11.4 Å². The zero-order valence-electron chi connectivity index (χ0n) is 19.0. The van der Waals surface area contributed by atoms with Crippen LogP contribution in [-0.2, 0) is 9.59 Å². The molecule has 0 aliphatic rings. The summed E-state index contributed by atoms with van der Waals surface area (Å²) in [4.78, 5) is 25.2. The monoisotopic (exact) mass is 631 g/mol. The lowest BCUT2D eigenvalue weighted by atomic mass is 10.1. The summed E-state index contributed by atoms with van der Waals surface area (Å²) in [6, 6.07) is 19.0. The van der Waals surface area contributed by atoms with E-state index in [0.717, 1.165) is 0 Å². The molecule has 0 aliphatic heterocycles. The van der Waals surface area contributed by atoms with Crippen molar-refractivity contribution in [3.63, 3.8) is 0 Å². The minimum absolute atomic E-state index is 0.153. The molecule has 2 amide bonds. The van der Waals surface area contributed by atoms with Crippen molar-refractivity contribution in [1.29, 1.82) is 5.26 Å². The van der Waals surface area contributed by atoms with Crippen LogP contribution in [0, 0.1) is 11.3 Å². The molecule has 0 fully saturated rings. The Kier molecular flexibility index (Phi) is 9.94. The Bertz CT molecular complexity index is 1340. The van der Waals surface area contributed by atoms with E-state index in [-0.39, 0.29) is 17.9 Å². The first-order valence-electron chi connectivity index (χ1n) is 10.6. The van der Waals surface area contributed by atoms with Crippen molar-refractivity contribution in [2.75, 3.05) is 23.8 Å². The molecule has 0 aliphatic carbocycles. The van der Waals surface area contributed by atoms with Gasteiger partial charge in [-0.3, -0.25) is 9.59 Å². The van der Waals surface area contributed by atoms with Crippen molar-refractivity contribution < 1.29 is 19.1 Å². The average Bonchev–Trinajstić information content (AvgIpc) is 2.84. The first kappa shape index (κ1) is 27.3. The molecule has 184 valence electrons. The second-order valence-corrected chi connectivity index (χ2v) is 9.38. The average molecular weight is 634 g/mol. The first-order chi connectivity index (χ1) is 17.3. The number of ether oxygens (including phenoxy) is 2.